The molecule has 0 bridgehead atoms. The Bertz CT molecular complexity index is 807. The molecule has 1 aliphatic rings. The lowest BCUT2D eigenvalue weighted by molar-refractivity contribution is 0.247. The lowest BCUT2D eigenvalue weighted by Crippen LogP contribution is -2.38. The molecule has 25 heavy (non-hydrogen) atoms. The summed E-state index contributed by atoms with van der Waals surface area (Å²) in [5, 5.41) is 5.26. The molecule has 0 atom stereocenters. The molecule has 5 nitrogen and oxygen atoms in total. The Labute approximate surface area is 143 Å². The van der Waals surface area contributed by atoms with Crippen LogP contribution < -0.4 is 20.1 Å². The second-order valence-corrected chi connectivity index (χ2v) is 5.86. The van der Waals surface area contributed by atoms with Crippen molar-refractivity contribution in [3.05, 3.63) is 53.6 Å². The van der Waals surface area contributed by atoms with E-state index in [4.69, 9.17) is 9.47 Å². The first-order chi connectivity index (χ1) is 12.0. The summed E-state index contributed by atoms with van der Waals surface area (Å²) in [6, 6.07) is 7.86. The fourth-order valence-electron chi connectivity index (χ4n) is 2.71. The zero-order chi connectivity index (χ0) is 18.0. The standard InChI is InChI=1S/C18H18F2N2O3/c1-24-15-6-3-11(9-16(15)25-2)18(7-8-18)22-17(23)21-14-5-4-12(19)10-13(14)20/h3-6,9-10H,7-8H2,1-2H3,(H2,21,22,23). The molecule has 0 aromatic heterocycles. The van der Waals surface area contributed by atoms with Crippen LogP contribution in [0.2, 0.25) is 0 Å². The zero-order valence-electron chi connectivity index (χ0n) is 13.9. The van der Waals surface area contributed by atoms with E-state index < -0.39 is 23.2 Å². The summed E-state index contributed by atoms with van der Waals surface area (Å²) in [5.41, 5.74) is 0.266. The van der Waals surface area contributed by atoms with Gasteiger partial charge in [0.1, 0.15) is 11.6 Å². The maximum Gasteiger partial charge on any atom is 0.320 e. The average Bonchev–Trinajstić information content (AvgIpc) is 3.37. The van der Waals surface area contributed by atoms with Crippen LogP contribution in [0.3, 0.4) is 0 Å². The third-order valence-electron chi connectivity index (χ3n) is 4.22. The summed E-state index contributed by atoms with van der Waals surface area (Å²) in [5.74, 6) is -0.364. The van der Waals surface area contributed by atoms with E-state index in [1.807, 2.05) is 12.1 Å². The van der Waals surface area contributed by atoms with E-state index in [2.05, 4.69) is 10.6 Å². The van der Waals surface area contributed by atoms with Crippen LogP contribution in [0.5, 0.6) is 11.5 Å². The molecule has 2 amide bonds. The lowest BCUT2D eigenvalue weighted by Gasteiger charge is -2.20. The number of benzene rings is 2. The van der Waals surface area contributed by atoms with Crippen molar-refractivity contribution in [2.75, 3.05) is 19.5 Å². The molecular formula is C18H18F2N2O3. The largest absolute Gasteiger partial charge is 0.493 e. The number of amides is 2. The van der Waals surface area contributed by atoms with Crippen molar-refractivity contribution in [1.82, 2.24) is 5.32 Å². The molecule has 0 heterocycles. The number of anilines is 1. The number of carbonyl (C=O) groups excluding carboxylic acids is 1. The van der Waals surface area contributed by atoms with Crippen molar-refractivity contribution in [2.24, 2.45) is 0 Å². The van der Waals surface area contributed by atoms with Crippen molar-refractivity contribution in [3.8, 4) is 11.5 Å². The molecule has 2 aromatic carbocycles. The summed E-state index contributed by atoms with van der Waals surface area (Å²) >= 11 is 0. The second kappa shape index (κ2) is 6.58. The molecule has 1 saturated carbocycles. The number of hydrogen-bond donors (Lipinski definition) is 2. The van der Waals surface area contributed by atoms with Crippen molar-refractivity contribution in [2.45, 2.75) is 18.4 Å². The maximum absolute atomic E-state index is 13.7. The highest BCUT2D eigenvalue weighted by atomic mass is 19.1. The SMILES string of the molecule is COc1ccc(C2(NC(=O)Nc3ccc(F)cc3F)CC2)cc1OC. The van der Waals surface area contributed by atoms with E-state index >= 15 is 0 Å². The Morgan fingerprint density at radius 2 is 1.76 bits per heavy atom. The smallest absolute Gasteiger partial charge is 0.320 e. The van der Waals surface area contributed by atoms with E-state index in [-0.39, 0.29) is 5.69 Å². The molecule has 0 spiro atoms. The summed E-state index contributed by atoms with van der Waals surface area (Å²) in [7, 11) is 3.09. The monoisotopic (exact) mass is 348 g/mol. The number of nitrogens with one attached hydrogen (secondary N) is 2. The van der Waals surface area contributed by atoms with Gasteiger partial charge in [0.05, 0.1) is 25.4 Å². The average molecular weight is 348 g/mol. The van der Waals surface area contributed by atoms with Crippen molar-refractivity contribution in [1.29, 1.82) is 0 Å². The minimum Gasteiger partial charge on any atom is -0.493 e. The van der Waals surface area contributed by atoms with Crippen LogP contribution in [0.4, 0.5) is 19.3 Å². The highest BCUT2D eigenvalue weighted by molar-refractivity contribution is 5.90. The van der Waals surface area contributed by atoms with Crippen LogP contribution in [0.15, 0.2) is 36.4 Å². The van der Waals surface area contributed by atoms with Gasteiger partial charge >= 0.3 is 6.03 Å². The maximum atomic E-state index is 13.7. The Kier molecular flexibility index (Phi) is 4.48. The Balaban J connectivity index is 1.74. The van der Waals surface area contributed by atoms with Gasteiger partial charge in [0, 0.05) is 6.07 Å². The molecule has 2 N–H and O–H groups in total. The number of halogens is 2. The fourth-order valence-corrected chi connectivity index (χ4v) is 2.71. The van der Waals surface area contributed by atoms with Gasteiger partial charge in [0.25, 0.3) is 0 Å². The molecular weight excluding hydrogens is 330 g/mol. The van der Waals surface area contributed by atoms with Crippen LogP contribution in [0.1, 0.15) is 18.4 Å². The summed E-state index contributed by atoms with van der Waals surface area (Å²) in [4.78, 5) is 12.2. The number of rotatable bonds is 5. The highest BCUT2D eigenvalue weighted by Gasteiger charge is 2.46. The number of methoxy groups -OCH3 is 2. The van der Waals surface area contributed by atoms with Gasteiger partial charge in [0.2, 0.25) is 0 Å². The molecule has 1 aliphatic carbocycles. The minimum absolute atomic E-state index is 0.0815. The molecule has 0 aliphatic heterocycles. The van der Waals surface area contributed by atoms with Gasteiger partial charge in [-0.25, -0.2) is 13.6 Å². The van der Waals surface area contributed by atoms with E-state index in [1.165, 1.54) is 6.07 Å². The van der Waals surface area contributed by atoms with Gasteiger partial charge in [-0.3, -0.25) is 0 Å². The molecule has 132 valence electrons. The van der Waals surface area contributed by atoms with Gasteiger partial charge in [-0.2, -0.15) is 0 Å². The first-order valence-electron chi connectivity index (χ1n) is 7.74. The second-order valence-electron chi connectivity index (χ2n) is 5.86. The van der Waals surface area contributed by atoms with Gasteiger partial charge in [-0.1, -0.05) is 6.07 Å². The predicted molar refractivity (Wildman–Crippen MR) is 89.0 cm³/mol. The Morgan fingerprint density at radius 3 is 2.36 bits per heavy atom. The topological polar surface area (TPSA) is 59.6 Å². The first-order valence-corrected chi connectivity index (χ1v) is 7.74. The van der Waals surface area contributed by atoms with Crippen LogP contribution in [-0.2, 0) is 5.54 Å². The quantitative estimate of drug-likeness (QED) is 0.864. The minimum atomic E-state index is -0.828. The van der Waals surface area contributed by atoms with Crippen LogP contribution in [-0.4, -0.2) is 20.3 Å². The molecule has 7 heteroatoms. The van der Waals surface area contributed by atoms with Crippen molar-refractivity contribution >= 4 is 11.7 Å². The molecule has 1 fully saturated rings. The number of hydrogen-bond acceptors (Lipinski definition) is 3. The van der Waals surface area contributed by atoms with E-state index in [1.54, 1.807) is 20.3 Å². The van der Waals surface area contributed by atoms with Gasteiger partial charge in [-0.15, -0.1) is 0 Å². The molecule has 3 rings (SSSR count). The molecule has 0 radical (unpaired) electrons. The summed E-state index contributed by atoms with van der Waals surface area (Å²) in [6.07, 6.45) is 1.50. The van der Waals surface area contributed by atoms with Gasteiger partial charge in [0.15, 0.2) is 11.5 Å². The Hall–Kier alpha value is -2.83. The van der Waals surface area contributed by atoms with Crippen LogP contribution >= 0.6 is 0 Å². The first kappa shape index (κ1) is 17.0. The number of urea groups is 1. The van der Waals surface area contributed by atoms with E-state index in [9.17, 15) is 13.6 Å². The number of carbonyl (C=O) groups is 1. The predicted octanol–water partition coefficient (Wildman–Crippen LogP) is 3.79. The van der Waals surface area contributed by atoms with Crippen LogP contribution in [0.25, 0.3) is 0 Å². The highest BCUT2D eigenvalue weighted by Crippen LogP contribution is 2.47. The fraction of sp³-hybridized carbons (Fsp3) is 0.278. The molecule has 2 aromatic rings. The van der Waals surface area contributed by atoms with E-state index in [0.29, 0.717) is 11.5 Å². The van der Waals surface area contributed by atoms with E-state index in [0.717, 1.165) is 30.5 Å². The Morgan fingerprint density at radius 1 is 1.04 bits per heavy atom. The summed E-state index contributed by atoms with van der Waals surface area (Å²) < 4.78 is 37.1. The molecule has 0 saturated heterocycles. The lowest BCUT2D eigenvalue weighted by atomic mass is 10.0. The normalized spacial score (nSPS) is 14.6. The third-order valence-corrected chi connectivity index (χ3v) is 4.22. The van der Waals surface area contributed by atoms with Gasteiger partial charge < -0.3 is 20.1 Å². The zero-order valence-corrected chi connectivity index (χ0v) is 13.9. The summed E-state index contributed by atoms with van der Waals surface area (Å²) in [6.45, 7) is 0. The van der Waals surface area contributed by atoms with Crippen LogP contribution in [0, 0.1) is 11.6 Å². The number of ether oxygens (including phenoxy) is 2. The van der Waals surface area contributed by atoms with Gasteiger partial charge in [-0.05, 0) is 42.7 Å². The van der Waals surface area contributed by atoms with Crippen molar-refractivity contribution < 1.29 is 23.0 Å². The third kappa shape index (κ3) is 3.50. The van der Waals surface area contributed by atoms with Crippen molar-refractivity contribution in [3.63, 3.8) is 0 Å². The molecule has 0 unspecified atom stereocenters.